The van der Waals surface area contributed by atoms with Crippen molar-refractivity contribution in [3.05, 3.63) is 29.4 Å². The van der Waals surface area contributed by atoms with Crippen LogP contribution in [-0.4, -0.2) is 45.6 Å². The molecule has 0 bridgehead atoms. The van der Waals surface area contributed by atoms with Gasteiger partial charge in [-0.1, -0.05) is 6.07 Å². The fourth-order valence-corrected chi connectivity index (χ4v) is 3.80. The molecule has 0 radical (unpaired) electrons. The van der Waals surface area contributed by atoms with Crippen LogP contribution in [0.1, 0.15) is 5.82 Å². The number of anilines is 2. The van der Waals surface area contributed by atoms with E-state index in [9.17, 15) is 8.42 Å². The average molecular weight is 341 g/mol. The van der Waals surface area contributed by atoms with Gasteiger partial charge in [0.1, 0.15) is 21.7 Å². The van der Waals surface area contributed by atoms with E-state index >= 15 is 0 Å². The van der Waals surface area contributed by atoms with E-state index in [-0.39, 0.29) is 6.54 Å². The number of hydrogen-bond donors (Lipinski definition) is 2. The lowest BCUT2D eigenvalue weighted by atomic mass is 10.4. The van der Waals surface area contributed by atoms with E-state index < -0.39 is 10.0 Å². The summed E-state index contributed by atoms with van der Waals surface area (Å²) in [5.74, 6) is 2.13. The van der Waals surface area contributed by atoms with Gasteiger partial charge in [-0.05, 0) is 18.4 Å². The summed E-state index contributed by atoms with van der Waals surface area (Å²) in [5, 5.41) is 4.83. The van der Waals surface area contributed by atoms with Crippen LogP contribution in [0.15, 0.2) is 27.8 Å². The van der Waals surface area contributed by atoms with Gasteiger partial charge in [0, 0.05) is 33.3 Å². The van der Waals surface area contributed by atoms with Crippen LogP contribution in [0.2, 0.25) is 0 Å². The Balaban J connectivity index is 1.89. The zero-order valence-corrected chi connectivity index (χ0v) is 14.3. The molecule has 120 valence electrons. The van der Waals surface area contributed by atoms with E-state index in [2.05, 4.69) is 20.0 Å². The molecule has 0 saturated heterocycles. The SMILES string of the molecule is Cc1nc(NCCNS(=O)(=O)c2cccs2)cc(N(C)C)n1. The molecule has 2 rings (SSSR count). The van der Waals surface area contributed by atoms with Crippen molar-refractivity contribution in [2.24, 2.45) is 0 Å². The molecule has 9 heteroatoms. The highest BCUT2D eigenvalue weighted by molar-refractivity contribution is 7.91. The summed E-state index contributed by atoms with van der Waals surface area (Å²) in [6, 6.07) is 5.11. The third kappa shape index (κ3) is 4.39. The standard InChI is InChI=1S/C13H19N5O2S2/c1-10-16-11(9-12(17-10)18(2)3)14-6-7-15-22(19,20)13-5-4-8-21-13/h4-5,8-9,15H,6-7H2,1-3H3,(H,14,16,17). The predicted molar refractivity (Wildman–Crippen MR) is 89.1 cm³/mol. The number of thiophene rings is 1. The Morgan fingerprint density at radius 3 is 2.68 bits per heavy atom. The topological polar surface area (TPSA) is 87.2 Å². The number of sulfonamides is 1. The zero-order valence-electron chi connectivity index (χ0n) is 12.7. The van der Waals surface area contributed by atoms with E-state index in [4.69, 9.17) is 0 Å². The van der Waals surface area contributed by atoms with Crippen molar-refractivity contribution in [2.45, 2.75) is 11.1 Å². The molecule has 7 nitrogen and oxygen atoms in total. The molecule has 0 atom stereocenters. The van der Waals surface area contributed by atoms with Crippen LogP contribution >= 0.6 is 11.3 Å². The molecular weight excluding hydrogens is 322 g/mol. The normalized spacial score (nSPS) is 11.4. The van der Waals surface area contributed by atoms with Crippen molar-refractivity contribution in [2.75, 3.05) is 37.4 Å². The molecule has 0 saturated carbocycles. The van der Waals surface area contributed by atoms with Crippen molar-refractivity contribution in [3.8, 4) is 0 Å². The summed E-state index contributed by atoms with van der Waals surface area (Å²) in [4.78, 5) is 10.5. The Labute approximate surface area is 134 Å². The quantitative estimate of drug-likeness (QED) is 0.738. The number of nitrogens with zero attached hydrogens (tertiary/aromatic N) is 3. The minimum absolute atomic E-state index is 0.278. The van der Waals surface area contributed by atoms with Crippen LogP contribution in [0.5, 0.6) is 0 Å². The fraction of sp³-hybridized carbons (Fsp3) is 0.385. The summed E-state index contributed by atoms with van der Waals surface area (Å²) < 4.78 is 26.8. The fourth-order valence-electron chi connectivity index (χ4n) is 1.74. The summed E-state index contributed by atoms with van der Waals surface area (Å²) in [5.41, 5.74) is 0. The molecule has 0 aliphatic heterocycles. The first kappa shape index (κ1) is 16.7. The minimum Gasteiger partial charge on any atom is -0.369 e. The number of aryl methyl sites for hydroxylation is 1. The maximum Gasteiger partial charge on any atom is 0.250 e. The molecule has 2 aromatic rings. The molecule has 0 aromatic carbocycles. The first-order chi connectivity index (χ1) is 10.4. The lowest BCUT2D eigenvalue weighted by molar-refractivity contribution is 0.585. The Morgan fingerprint density at radius 2 is 2.05 bits per heavy atom. The Hall–Kier alpha value is -1.71. The highest BCUT2D eigenvalue weighted by Crippen LogP contribution is 2.15. The van der Waals surface area contributed by atoms with Crippen LogP contribution in [0.3, 0.4) is 0 Å². The number of hydrogen-bond acceptors (Lipinski definition) is 7. The van der Waals surface area contributed by atoms with Crippen molar-refractivity contribution in [1.82, 2.24) is 14.7 Å². The van der Waals surface area contributed by atoms with Gasteiger partial charge < -0.3 is 10.2 Å². The van der Waals surface area contributed by atoms with E-state index in [1.807, 2.05) is 32.0 Å². The van der Waals surface area contributed by atoms with Crippen LogP contribution in [-0.2, 0) is 10.0 Å². The maximum atomic E-state index is 11.9. The van der Waals surface area contributed by atoms with E-state index in [1.54, 1.807) is 17.5 Å². The highest BCUT2D eigenvalue weighted by Gasteiger charge is 2.13. The maximum absolute atomic E-state index is 11.9. The van der Waals surface area contributed by atoms with Gasteiger partial charge in [-0.15, -0.1) is 11.3 Å². The van der Waals surface area contributed by atoms with Crippen LogP contribution < -0.4 is 14.9 Å². The van der Waals surface area contributed by atoms with Gasteiger partial charge >= 0.3 is 0 Å². The minimum atomic E-state index is -3.41. The van der Waals surface area contributed by atoms with Crippen molar-refractivity contribution < 1.29 is 8.42 Å². The molecule has 0 amide bonds. The molecule has 0 aliphatic carbocycles. The van der Waals surface area contributed by atoms with Gasteiger partial charge in [-0.25, -0.2) is 23.1 Å². The van der Waals surface area contributed by atoms with Gasteiger partial charge in [-0.2, -0.15) is 0 Å². The smallest absolute Gasteiger partial charge is 0.250 e. The molecule has 2 aromatic heterocycles. The Bertz CT molecular complexity index is 714. The first-order valence-electron chi connectivity index (χ1n) is 6.68. The number of rotatable bonds is 7. The van der Waals surface area contributed by atoms with E-state index in [1.165, 1.54) is 11.3 Å². The van der Waals surface area contributed by atoms with E-state index in [0.29, 0.717) is 22.4 Å². The van der Waals surface area contributed by atoms with Gasteiger partial charge in [0.15, 0.2) is 0 Å². The molecular formula is C13H19N5O2S2. The lowest BCUT2D eigenvalue weighted by Crippen LogP contribution is -2.28. The third-order valence-electron chi connectivity index (χ3n) is 2.77. The Kier molecular flexibility index (Phi) is 5.33. The van der Waals surface area contributed by atoms with Crippen molar-refractivity contribution in [3.63, 3.8) is 0 Å². The second-order valence-corrected chi connectivity index (χ2v) is 7.75. The predicted octanol–water partition coefficient (Wildman–Crippen LogP) is 1.30. The second-order valence-electron chi connectivity index (χ2n) is 4.81. The van der Waals surface area contributed by atoms with E-state index in [0.717, 1.165) is 5.82 Å². The second kappa shape index (κ2) is 7.03. The van der Waals surface area contributed by atoms with Crippen LogP contribution in [0.4, 0.5) is 11.6 Å². The molecule has 0 spiro atoms. The van der Waals surface area contributed by atoms with Crippen molar-refractivity contribution >= 4 is 33.0 Å². The molecule has 0 fully saturated rings. The monoisotopic (exact) mass is 341 g/mol. The first-order valence-corrected chi connectivity index (χ1v) is 9.05. The average Bonchev–Trinajstić information content (AvgIpc) is 2.98. The number of aromatic nitrogens is 2. The molecule has 2 N–H and O–H groups in total. The van der Waals surface area contributed by atoms with Crippen LogP contribution in [0.25, 0.3) is 0 Å². The summed E-state index contributed by atoms with van der Waals surface area (Å²) in [6.45, 7) is 2.53. The third-order valence-corrected chi connectivity index (χ3v) is 5.62. The van der Waals surface area contributed by atoms with Gasteiger partial charge in [-0.3, -0.25) is 0 Å². The summed E-state index contributed by atoms with van der Waals surface area (Å²) >= 11 is 1.19. The van der Waals surface area contributed by atoms with Crippen LogP contribution in [0, 0.1) is 6.92 Å². The summed E-state index contributed by atoms with van der Waals surface area (Å²) in [7, 11) is 0.393. The highest BCUT2D eigenvalue weighted by atomic mass is 32.2. The molecule has 0 unspecified atom stereocenters. The molecule has 22 heavy (non-hydrogen) atoms. The molecule has 2 heterocycles. The zero-order chi connectivity index (χ0) is 16.2. The van der Waals surface area contributed by atoms with Gasteiger partial charge in [0.2, 0.25) is 10.0 Å². The summed E-state index contributed by atoms with van der Waals surface area (Å²) in [6.07, 6.45) is 0. The van der Waals surface area contributed by atoms with Gasteiger partial charge in [0.25, 0.3) is 0 Å². The Morgan fingerprint density at radius 1 is 1.27 bits per heavy atom. The van der Waals surface area contributed by atoms with Crippen molar-refractivity contribution in [1.29, 1.82) is 0 Å². The lowest BCUT2D eigenvalue weighted by Gasteiger charge is -2.14. The van der Waals surface area contributed by atoms with Gasteiger partial charge in [0.05, 0.1) is 0 Å². The molecule has 0 aliphatic rings. The number of nitrogens with one attached hydrogen (secondary N) is 2. The largest absolute Gasteiger partial charge is 0.369 e.